The summed E-state index contributed by atoms with van der Waals surface area (Å²) >= 11 is 0. The van der Waals surface area contributed by atoms with Crippen molar-refractivity contribution in [2.45, 2.75) is 20.8 Å². The summed E-state index contributed by atoms with van der Waals surface area (Å²) in [6, 6.07) is 6.75. The molecule has 0 aliphatic heterocycles. The van der Waals surface area contributed by atoms with Gasteiger partial charge in [-0.3, -0.25) is 4.98 Å². The van der Waals surface area contributed by atoms with Crippen molar-refractivity contribution in [3.8, 4) is 11.1 Å². The molecule has 0 saturated carbocycles. The van der Waals surface area contributed by atoms with Crippen LogP contribution in [0.2, 0.25) is 0 Å². The Morgan fingerprint density at radius 2 is 1.79 bits per heavy atom. The Kier molecular flexibility index (Phi) is 3.74. The Bertz CT molecular complexity index is 645. The molecule has 0 atom stereocenters. The molecule has 0 fully saturated rings. The lowest BCUT2D eigenvalue weighted by Crippen LogP contribution is -1.92. The van der Waals surface area contributed by atoms with E-state index in [0.717, 1.165) is 16.7 Å². The van der Waals surface area contributed by atoms with Crippen LogP contribution in [0.4, 0.5) is 8.78 Å². The average Bonchev–Trinajstić information content (AvgIpc) is 2.41. The summed E-state index contributed by atoms with van der Waals surface area (Å²) in [5.41, 5.74) is 3.43. The molecule has 1 aromatic carbocycles. The number of halogens is 2. The van der Waals surface area contributed by atoms with Crippen molar-refractivity contribution >= 4 is 5.83 Å². The number of aromatic nitrogens is 1. The molecule has 0 unspecified atom stereocenters. The van der Waals surface area contributed by atoms with Gasteiger partial charge in [-0.1, -0.05) is 6.07 Å². The lowest BCUT2D eigenvalue weighted by molar-refractivity contribution is 0.619. The molecule has 19 heavy (non-hydrogen) atoms. The van der Waals surface area contributed by atoms with Gasteiger partial charge >= 0.3 is 0 Å². The number of allylic oxidation sites excluding steroid dienone is 1. The van der Waals surface area contributed by atoms with Gasteiger partial charge in [-0.25, -0.2) is 8.78 Å². The summed E-state index contributed by atoms with van der Waals surface area (Å²) < 4.78 is 26.8. The van der Waals surface area contributed by atoms with Crippen LogP contribution in [-0.2, 0) is 0 Å². The Labute approximate surface area is 111 Å². The van der Waals surface area contributed by atoms with Crippen molar-refractivity contribution in [1.82, 2.24) is 4.98 Å². The van der Waals surface area contributed by atoms with Crippen LogP contribution in [0.1, 0.15) is 23.7 Å². The van der Waals surface area contributed by atoms with Gasteiger partial charge in [0.1, 0.15) is 17.3 Å². The Balaban J connectivity index is 2.47. The van der Waals surface area contributed by atoms with Crippen molar-refractivity contribution in [3.05, 3.63) is 59.2 Å². The van der Waals surface area contributed by atoms with Crippen LogP contribution in [0.5, 0.6) is 0 Å². The van der Waals surface area contributed by atoms with E-state index in [1.807, 2.05) is 13.0 Å². The molecule has 0 amide bonds. The summed E-state index contributed by atoms with van der Waals surface area (Å²) in [5, 5.41) is 0. The summed E-state index contributed by atoms with van der Waals surface area (Å²) in [7, 11) is 0. The van der Waals surface area contributed by atoms with Gasteiger partial charge in [-0.2, -0.15) is 0 Å². The highest BCUT2D eigenvalue weighted by atomic mass is 19.1. The smallest absolute Gasteiger partial charge is 0.144 e. The number of hydrogen-bond acceptors (Lipinski definition) is 1. The maximum Gasteiger partial charge on any atom is 0.144 e. The number of hydrogen-bond donors (Lipinski definition) is 0. The van der Waals surface area contributed by atoms with Crippen molar-refractivity contribution in [2.75, 3.05) is 0 Å². The Morgan fingerprint density at radius 1 is 1.11 bits per heavy atom. The fourth-order valence-electron chi connectivity index (χ4n) is 1.94. The molecule has 0 radical (unpaired) electrons. The van der Waals surface area contributed by atoms with E-state index >= 15 is 0 Å². The molecule has 0 aliphatic carbocycles. The predicted molar refractivity (Wildman–Crippen MR) is 73.9 cm³/mol. The minimum absolute atomic E-state index is 0.231. The van der Waals surface area contributed by atoms with E-state index in [-0.39, 0.29) is 11.6 Å². The van der Waals surface area contributed by atoms with Crippen molar-refractivity contribution in [1.29, 1.82) is 0 Å². The molecule has 1 nitrogen and oxygen atoms in total. The zero-order valence-corrected chi connectivity index (χ0v) is 11.2. The standard InChI is InChI=1S/C16H15F2N/c1-4-14(17)16-11(3)8-13(9-19-16)12-5-6-15(18)10(2)7-12/h4-9H,1-3H3/b14-4+. The normalized spacial score (nSPS) is 11.7. The third-order valence-corrected chi connectivity index (χ3v) is 3.05. The second kappa shape index (κ2) is 5.31. The molecule has 1 heterocycles. The fraction of sp³-hybridized carbons (Fsp3) is 0.188. The largest absolute Gasteiger partial charge is 0.253 e. The molecule has 0 aliphatic rings. The first kappa shape index (κ1) is 13.4. The Hall–Kier alpha value is -2.03. The lowest BCUT2D eigenvalue weighted by Gasteiger charge is -2.07. The molecule has 1 aromatic heterocycles. The summed E-state index contributed by atoms with van der Waals surface area (Å²) in [6.45, 7) is 5.16. The van der Waals surface area contributed by atoms with Crippen LogP contribution >= 0.6 is 0 Å². The summed E-state index contributed by atoms with van der Waals surface area (Å²) in [4.78, 5) is 4.14. The van der Waals surface area contributed by atoms with Crippen LogP contribution in [-0.4, -0.2) is 4.98 Å². The van der Waals surface area contributed by atoms with E-state index in [1.165, 1.54) is 12.1 Å². The number of rotatable bonds is 2. The first-order valence-corrected chi connectivity index (χ1v) is 6.08. The maximum absolute atomic E-state index is 13.5. The number of aryl methyl sites for hydroxylation is 2. The van der Waals surface area contributed by atoms with E-state index in [2.05, 4.69) is 4.98 Å². The molecular weight excluding hydrogens is 244 g/mol. The molecule has 0 N–H and O–H groups in total. The van der Waals surface area contributed by atoms with Gasteiger partial charge in [0.2, 0.25) is 0 Å². The Morgan fingerprint density at radius 3 is 2.37 bits per heavy atom. The summed E-state index contributed by atoms with van der Waals surface area (Å²) in [5.74, 6) is -0.565. The van der Waals surface area contributed by atoms with Crippen molar-refractivity contribution < 1.29 is 8.78 Å². The average molecular weight is 259 g/mol. The molecular formula is C16H15F2N. The van der Waals surface area contributed by atoms with Crippen molar-refractivity contribution in [2.24, 2.45) is 0 Å². The summed E-state index contributed by atoms with van der Waals surface area (Å²) in [6.07, 6.45) is 3.00. The van der Waals surface area contributed by atoms with E-state index in [4.69, 9.17) is 0 Å². The maximum atomic E-state index is 13.5. The topological polar surface area (TPSA) is 12.9 Å². The highest BCUT2D eigenvalue weighted by Crippen LogP contribution is 2.25. The van der Waals surface area contributed by atoms with Crippen LogP contribution in [0.3, 0.4) is 0 Å². The zero-order valence-electron chi connectivity index (χ0n) is 11.2. The minimum atomic E-state index is -0.334. The van der Waals surface area contributed by atoms with E-state index in [9.17, 15) is 8.78 Å². The van der Waals surface area contributed by atoms with Crippen LogP contribution in [0, 0.1) is 19.7 Å². The third-order valence-electron chi connectivity index (χ3n) is 3.05. The predicted octanol–water partition coefficient (Wildman–Crippen LogP) is 4.83. The van der Waals surface area contributed by atoms with Gasteiger partial charge in [0.15, 0.2) is 0 Å². The highest BCUT2D eigenvalue weighted by Gasteiger charge is 2.08. The molecule has 2 aromatic rings. The monoisotopic (exact) mass is 259 g/mol. The molecule has 3 heteroatoms. The van der Waals surface area contributed by atoms with Gasteiger partial charge in [-0.15, -0.1) is 0 Å². The van der Waals surface area contributed by atoms with E-state index in [0.29, 0.717) is 11.3 Å². The fourth-order valence-corrected chi connectivity index (χ4v) is 1.94. The van der Waals surface area contributed by atoms with E-state index < -0.39 is 0 Å². The van der Waals surface area contributed by atoms with Crippen LogP contribution < -0.4 is 0 Å². The second-order valence-electron chi connectivity index (χ2n) is 4.49. The molecule has 98 valence electrons. The SMILES string of the molecule is C/C=C(/F)c1ncc(-c2ccc(F)c(C)c2)cc1C. The quantitative estimate of drug-likeness (QED) is 0.752. The first-order chi connectivity index (χ1) is 9.02. The molecule has 0 bridgehead atoms. The van der Waals surface area contributed by atoms with Crippen molar-refractivity contribution in [3.63, 3.8) is 0 Å². The van der Waals surface area contributed by atoms with Crippen LogP contribution in [0.25, 0.3) is 17.0 Å². The molecule has 0 spiro atoms. The first-order valence-electron chi connectivity index (χ1n) is 6.08. The van der Waals surface area contributed by atoms with Gasteiger partial charge in [0.25, 0.3) is 0 Å². The van der Waals surface area contributed by atoms with Gasteiger partial charge in [0, 0.05) is 11.8 Å². The van der Waals surface area contributed by atoms with Crippen LogP contribution in [0.15, 0.2) is 36.5 Å². The number of benzene rings is 1. The number of pyridine rings is 1. The van der Waals surface area contributed by atoms with Gasteiger partial charge in [-0.05, 0) is 61.7 Å². The minimum Gasteiger partial charge on any atom is -0.253 e. The second-order valence-corrected chi connectivity index (χ2v) is 4.49. The molecule has 0 saturated heterocycles. The van der Waals surface area contributed by atoms with E-state index in [1.54, 1.807) is 32.2 Å². The highest BCUT2D eigenvalue weighted by molar-refractivity contribution is 5.67. The molecule has 2 rings (SSSR count). The lowest BCUT2D eigenvalue weighted by atomic mass is 10.0. The zero-order chi connectivity index (χ0) is 14.0. The third kappa shape index (κ3) is 2.70. The number of nitrogens with zero attached hydrogens (tertiary/aromatic N) is 1. The van der Waals surface area contributed by atoms with Gasteiger partial charge < -0.3 is 0 Å². The van der Waals surface area contributed by atoms with Gasteiger partial charge in [0.05, 0.1) is 0 Å².